The number of rotatable bonds is 6. The molecular formula is C10H16N2O4. The molecule has 0 rings (SSSR count). The van der Waals surface area contributed by atoms with Crippen molar-refractivity contribution in [3.63, 3.8) is 0 Å². The lowest BCUT2D eigenvalue weighted by molar-refractivity contribution is -0.146. The second-order valence-corrected chi connectivity index (χ2v) is 3.17. The third kappa shape index (κ3) is 5.88. The molecule has 2 atom stereocenters. The summed E-state index contributed by atoms with van der Waals surface area (Å²) in [5.74, 6) is 1.08. The Morgan fingerprint density at radius 1 is 1.50 bits per heavy atom. The number of carboxylic acid groups (broad SMARTS) is 1. The highest BCUT2D eigenvalue weighted by Crippen LogP contribution is 1.90. The zero-order valence-corrected chi connectivity index (χ0v) is 9.06. The third-order valence-electron chi connectivity index (χ3n) is 1.90. The first-order chi connectivity index (χ1) is 7.51. The van der Waals surface area contributed by atoms with E-state index in [4.69, 9.17) is 16.6 Å². The smallest absolute Gasteiger partial charge is 0.332 e. The van der Waals surface area contributed by atoms with E-state index in [0.29, 0.717) is 6.42 Å². The molecule has 0 radical (unpaired) electrons. The Balaban J connectivity index is 3.75. The molecule has 0 aromatic carbocycles. The van der Waals surface area contributed by atoms with Gasteiger partial charge in [-0.25, -0.2) is 9.59 Å². The van der Waals surface area contributed by atoms with Gasteiger partial charge in [-0.15, -0.1) is 6.42 Å². The predicted molar refractivity (Wildman–Crippen MR) is 57.7 cm³/mol. The van der Waals surface area contributed by atoms with Gasteiger partial charge < -0.3 is 20.8 Å². The van der Waals surface area contributed by atoms with Crippen LogP contribution in [0, 0.1) is 12.3 Å². The van der Waals surface area contributed by atoms with Crippen LogP contribution in [0.5, 0.6) is 0 Å². The maximum absolute atomic E-state index is 11.2. The Kier molecular flexibility index (Phi) is 6.72. The van der Waals surface area contributed by atoms with Gasteiger partial charge in [0.05, 0.1) is 6.04 Å². The van der Waals surface area contributed by atoms with Gasteiger partial charge in [0, 0.05) is 13.0 Å². The van der Waals surface area contributed by atoms with Crippen LogP contribution in [0.15, 0.2) is 0 Å². The summed E-state index contributed by atoms with van der Waals surface area (Å²) < 4.78 is 0. The second-order valence-electron chi connectivity index (χ2n) is 3.17. The number of aliphatic carboxylic acids is 1. The summed E-state index contributed by atoms with van der Waals surface area (Å²) in [5.41, 5.74) is 0. The average molecular weight is 228 g/mol. The lowest BCUT2D eigenvalue weighted by atomic mass is 10.2. The number of carboxylic acids is 1. The molecule has 6 heteroatoms. The first-order valence-electron chi connectivity index (χ1n) is 4.92. The van der Waals surface area contributed by atoms with E-state index < -0.39 is 18.1 Å². The fourth-order valence-electron chi connectivity index (χ4n) is 0.917. The highest BCUT2D eigenvalue weighted by Gasteiger charge is 2.13. The minimum Gasteiger partial charge on any atom is -0.479 e. The Morgan fingerprint density at radius 2 is 2.12 bits per heavy atom. The van der Waals surface area contributed by atoms with E-state index in [9.17, 15) is 9.59 Å². The minimum absolute atomic E-state index is 0.0460. The normalized spacial score (nSPS) is 13.3. The van der Waals surface area contributed by atoms with Crippen LogP contribution in [0.3, 0.4) is 0 Å². The Bertz CT molecular complexity index is 285. The summed E-state index contributed by atoms with van der Waals surface area (Å²) in [7, 11) is 0. The van der Waals surface area contributed by atoms with Gasteiger partial charge in [-0.1, -0.05) is 12.8 Å². The van der Waals surface area contributed by atoms with Gasteiger partial charge in [0.1, 0.15) is 0 Å². The number of terminal acetylenes is 1. The van der Waals surface area contributed by atoms with Gasteiger partial charge in [-0.2, -0.15) is 0 Å². The molecule has 1 unspecified atom stereocenters. The highest BCUT2D eigenvalue weighted by molar-refractivity contribution is 5.75. The van der Waals surface area contributed by atoms with Crippen molar-refractivity contribution in [2.75, 3.05) is 6.54 Å². The quantitative estimate of drug-likeness (QED) is 0.462. The van der Waals surface area contributed by atoms with Gasteiger partial charge in [0.2, 0.25) is 0 Å². The fourth-order valence-corrected chi connectivity index (χ4v) is 0.917. The van der Waals surface area contributed by atoms with Crippen molar-refractivity contribution in [3.05, 3.63) is 0 Å². The SMILES string of the molecule is C#CC(CC)NC(=O)NCC[C@H](O)C(=O)O. The molecule has 0 aliphatic rings. The number of carbonyl (C=O) groups excluding carboxylic acids is 1. The monoisotopic (exact) mass is 228 g/mol. The van der Waals surface area contributed by atoms with E-state index in [1.165, 1.54) is 0 Å². The van der Waals surface area contributed by atoms with Crippen LogP contribution >= 0.6 is 0 Å². The topological polar surface area (TPSA) is 98.7 Å². The van der Waals surface area contributed by atoms with Gasteiger partial charge in [0.15, 0.2) is 6.10 Å². The molecule has 4 N–H and O–H groups in total. The van der Waals surface area contributed by atoms with Crippen molar-refractivity contribution in [2.45, 2.75) is 31.9 Å². The first kappa shape index (κ1) is 14.3. The molecule has 0 aromatic heterocycles. The number of hydrogen-bond acceptors (Lipinski definition) is 3. The summed E-state index contributed by atoms with van der Waals surface area (Å²) in [4.78, 5) is 21.4. The number of aliphatic hydroxyl groups excluding tert-OH is 1. The second kappa shape index (κ2) is 7.54. The summed E-state index contributed by atoms with van der Waals surface area (Å²) in [5, 5.41) is 22.2. The maximum Gasteiger partial charge on any atom is 0.332 e. The highest BCUT2D eigenvalue weighted by atomic mass is 16.4. The van der Waals surface area contributed by atoms with Crippen molar-refractivity contribution in [3.8, 4) is 12.3 Å². The molecule has 90 valence electrons. The molecule has 0 spiro atoms. The average Bonchev–Trinajstić information content (AvgIpc) is 2.25. The van der Waals surface area contributed by atoms with Crippen LogP contribution < -0.4 is 10.6 Å². The largest absolute Gasteiger partial charge is 0.479 e. The molecule has 6 nitrogen and oxygen atoms in total. The molecule has 16 heavy (non-hydrogen) atoms. The van der Waals surface area contributed by atoms with Crippen LogP contribution in [0.1, 0.15) is 19.8 Å². The molecule has 0 bridgehead atoms. The van der Waals surface area contributed by atoms with Crippen molar-refractivity contribution in [2.24, 2.45) is 0 Å². The third-order valence-corrected chi connectivity index (χ3v) is 1.90. The van der Waals surface area contributed by atoms with E-state index >= 15 is 0 Å². The Labute approximate surface area is 94.0 Å². The van der Waals surface area contributed by atoms with Crippen molar-refractivity contribution < 1.29 is 19.8 Å². The number of carbonyl (C=O) groups is 2. The van der Waals surface area contributed by atoms with Crippen LogP contribution in [0.4, 0.5) is 4.79 Å². The van der Waals surface area contributed by atoms with E-state index in [2.05, 4.69) is 16.6 Å². The maximum atomic E-state index is 11.2. The van der Waals surface area contributed by atoms with E-state index in [-0.39, 0.29) is 19.0 Å². The molecule has 2 amide bonds. The Morgan fingerprint density at radius 3 is 2.56 bits per heavy atom. The van der Waals surface area contributed by atoms with Gasteiger partial charge in [0.25, 0.3) is 0 Å². The van der Waals surface area contributed by atoms with Crippen molar-refractivity contribution >= 4 is 12.0 Å². The molecule has 0 saturated heterocycles. The molecule has 0 fully saturated rings. The first-order valence-corrected chi connectivity index (χ1v) is 4.92. The number of nitrogens with one attached hydrogen (secondary N) is 2. The number of urea groups is 1. The van der Waals surface area contributed by atoms with E-state index in [1.54, 1.807) is 0 Å². The van der Waals surface area contributed by atoms with Crippen LogP contribution in [-0.4, -0.2) is 40.9 Å². The summed E-state index contributed by atoms with van der Waals surface area (Å²) in [6, 6.07) is -0.813. The molecule has 0 saturated carbocycles. The molecule has 0 aromatic rings. The van der Waals surface area contributed by atoms with E-state index in [0.717, 1.165) is 0 Å². The summed E-state index contributed by atoms with van der Waals surface area (Å²) in [6.07, 6.45) is 4.24. The number of amides is 2. The van der Waals surface area contributed by atoms with Crippen molar-refractivity contribution in [1.29, 1.82) is 0 Å². The van der Waals surface area contributed by atoms with Crippen LogP contribution in [0.2, 0.25) is 0 Å². The van der Waals surface area contributed by atoms with Crippen molar-refractivity contribution in [1.82, 2.24) is 10.6 Å². The zero-order valence-electron chi connectivity index (χ0n) is 9.06. The Hall–Kier alpha value is -1.74. The lowest BCUT2D eigenvalue weighted by Crippen LogP contribution is -2.42. The number of hydrogen-bond donors (Lipinski definition) is 4. The molecule has 0 aliphatic heterocycles. The van der Waals surface area contributed by atoms with Crippen LogP contribution in [-0.2, 0) is 4.79 Å². The van der Waals surface area contributed by atoms with Crippen LogP contribution in [0.25, 0.3) is 0 Å². The molecule has 0 heterocycles. The standard InChI is InChI=1S/C10H16N2O4/c1-3-7(4-2)12-10(16)11-6-5-8(13)9(14)15/h1,7-8,13H,4-6H2,2H3,(H,14,15)(H2,11,12,16)/t7?,8-/m0/s1. The lowest BCUT2D eigenvalue weighted by Gasteiger charge is -2.12. The van der Waals surface area contributed by atoms with E-state index in [1.807, 2.05) is 6.92 Å². The van der Waals surface area contributed by atoms with Gasteiger partial charge >= 0.3 is 12.0 Å². The molecular weight excluding hydrogens is 212 g/mol. The van der Waals surface area contributed by atoms with Gasteiger partial charge in [-0.05, 0) is 6.42 Å². The minimum atomic E-state index is -1.46. The fraction of sp³-hybridized carbons (Fsp3) is 0.600. The summed E-state index contributed by atoms with van der Waals surface area (Å²) in [6.45, 7) is 1.90. The van der Waals surface area contributed by atoms with Gasteiger partial charge in [-0.3, -0.25) is 0 Å². The predicted octanol–water partition coefficient (Wildman–Crippen LogP) is -0.467. The number of aliphatic hydroxyl groups is 1. The zero-order chi connectivity index (χ0) is 12.6. The molecule has 0 aliphatic carbocycles. The summed E-state index contributed by atoms with van der Waals surface area (Å²) >= 11 is 0.